The fraction of sp³-hybridized carbons (Fsp3) is 0.400. The van der Waals surface area contributed by atoms with Gasteiger partial charge in [0, 0.05) is 33.3 Å². The highest BCUT2D eigenvalue weighted by molar-refractivity contribution is 7.84. The van der Waals surface area contributed by atoms with Crippen molar-refractivity contribution in [2.24, 2.45) is 0 Å². The van der Waals surface area contributed by atoms with E-state index in [0.29, 0.717) is 11.0 Å². The summed E-state index contributed by atoms with van der Waals surface area (Å²) in [4.78, 5) is 4.41. The Morgan fingerprint density at radius 3 is 2.84 bits per heavy atom. The minimum absolute atomic E-state index is 0.372. The summed E-state index contributed by atoms with van der Waals surface area (Å²) in [6.45, 7) is 0. The molecule has 1 aromatic carbocycles. The highest BCUT2D eigenvalue weighted by Gasteiger charge is 2.22. The van der Waals surface area contributed by atoms with Gasteiger partial charge in [0.15, 0.2) is 0 Å². The van der Waals surface area contributed by atoms with E-state index in [1.807, 2.05) is 24.3 Å². The van der Waals surface area contributed by atoms with Crippen LogP contribution in [0.3, 0.4) is 0 Å². The Morgan fingerprint density at radius 2 is 2.05 bits per heavy atom. The van der Waals surface area contributed by atoms with Gasteiger partial charge in [0.05, 0.1) is 11.3 Å². The molecule has 0 saturated heterocycles. The lowest BCUT2D eigenvalue weighted by molar-refractivity contribution is 0.668. The summed E-state index contributed by atoms with van der Waals surface area (Å²) in [5.41, 5.74) is 8.64. The molecule has 2 N–H and O–H groups in total. The Labute approximate surface area is 115 Å². The van der Waals surface area contributed by atoms with E-state index in [2.05, 4.69) is 4.98 Å². The van der Waals surface area contributed by atoms with Crippen molar-refractivity contribution in [1.29, 1.82) is 0 Å². The van der Waals surface area contributed by atoms with Crippen molar-refractivity contribution < 1.29 is 4.21 Å². The Morgan fingerprint density at radius 1 is 1.26 bits per heavy atom. The predicted molar refractivity (Wildman–Crippen MR) is 80.3 cm³/mol. The first-order valence-corrected chi connectivity index (χ1v) is 8.13. The lowest BCUT2D eigenvalue weighted by Crippen LogP contribution is -2.12. The number of fused-ring (bicyclic) bond motifs is 1. The number of hydrogen-bond donors (Lipinski definition) is 1. The van der Waals surface area contributed by atoms with Crippen LogP contribution in [-0.2, 0) is 16.6 Å². The van der Waals surface area contributed by atoms with E-state index in [9.17, 15) is 4.21 Å². The van der Waals surface area contributed by atoms with Crippen molar-refractivity contribution in [2.45, 2.75) is 36.7 Å². The van der Waals surface area contributed by atoms with E-state index in [1.165, 1.54) is 12.8 Å². The molecule has 4 heteroatoms. The fourth-order valence-electron chi connectivity index (χ4n) is 2.79. The number of hydrogen-bond acceptors (Lipinski definition) is 3. The molecular weight excluding hydrogens is 256 g/mol. The number of rotatable bonds is 3. The maximum Gasteiger partial charge on any atom is 0.0763 e. The molecule has 1 atom stereocenters. The third kappa shape index (κ3) is 2.50. The van der Waals surface area contributed by atoms with Gasteiger partial charge < -0.3 is 5.73 Å². The molecule has 1 aliphatic rings. The summed E-state index contributed by atoms with van der Waals surface area (Å²) in [5, 5.41) is 1.33. The van der Waals surface area contributed by atoms with Gasteiger partial charge in [0.25, 0.3) is 0 Å². The van der Waals surface area contributed by atoms with E-state index in [-0.39, 0.29) is 0 Å². The van der Waals surface area contributed by atoms with Crippen LogP contribution in [0.1, 0.15) is 31.2 Å². The quantitative estimate of drug-likeness (QED) is 0.875. The first-order chi connectivity index (χ1) is 9.25. The van der Waals surface area contributed by atoms with Crippen LogP contribution >= 0.6 is 0 Å². The number of anilines is 1. The minimum atomic E-state index is -0.790. The average molecular weight is 274 g/mol. The number of nitrogen functional groups attached to an aromatic ring is 1. The number of nitrogens with two attached hydrogens (primary N) is 1. The molecule has 19 heavy (non-hydrogen) atoms. The molecule has 0 amide bonds. The van der Waals surface area contributed by atoms with Gasteiger partial charge in [-0.25, -0.2) is 0 Å². The van der Waals surface area contributed by atoms with Crippen LogP contribution in [0.5, 0.6) is 0 Å². The fourth-order valence-corrected chi connectivity index (χ4v) is 4.43. The van der Waals surface area contributed by atoms with E-state index >= 15 is 0 Å². The van der Waals surface area contributed by atoms with Crippen molar-refractivity contribution >= 4 is 27.4 Å². The van der Waals surface area contributed by atoms with Gasteiger partial charge in [-0.05, 0) is 36.6 Å². The lowest BCUT2D eigenvalue weighted by atomic mass is 10.1. The van der Waals surface area contributed by atoms with Crippen LogP contribution in [-0.4, -0.2) is 14.4 Å². The van der Waals surface area contributed by atoms with Gasteiger partial charge in [-0.1, -0.05) is 18.9 Å². The molecule has 3 rings (SSSR count). The van der Waals surface area contributed by atoms with Crippen molar-refractivity contribution in [3.63, 3.8) is 0 Å². The molecule has 2 aromatic rings. The molecule has 0 spiro atoms. The molecule has 1 fully saturated rings. The molecule has 0 bridgehead atoms. The van der Waals surface area contributed by atoms with E-state index in [1.54, 1.807) is 6.20 Å². The summed E-state index contributed by atoms with van der Waals surface area (Å²) < 4.78 is 12.4. The summed E-state index contributed by atoms with van der Waals surface area (Å²) in [6, 6.07) is 7.72. The van der Waals surface area contributed by atoms with Crippen LogP contribution in [0.15, 0.2) is 30.5 Å². The molecule has 0 aliphatic heterocycles. The Bertz CT molecular complexity index is 621. The van der Waals surface area contributed by atoms with Crippen LogP contribution in [0.4, 0.5) is 5.69 Å². The second kappa shape index (κ2) is 5.29. The lowest BCUT2D eigenvalue weighted by Gasteiger charge is -2.11. The Hall–Kier alpha value is -1.42. The van der Waals surface area contributed by atoms with E-state index in [4.69, 9.17) is 5.73 Å². The summed E-state index contributed by atoms with van der Waals surface area (Å²) in [6.07, 6.45) is 6.41. The standard InChI is InChI=1S/C15H18N2OS/c16-14-8-7-11(15-13(14)6-3-9-17-15)10-19(18)12-4-1-2-5-12/h3,6-9,12H,1-2,4-5,10,16H2. The zero-order chi connectivity index (χ0) is 13.2. The zero-order valence-corrected chi connectivity index (χ0v) is 11.7. The Balaban J connectivity index is 1.92. The van der Waals surface area contributed by atoms with Gasteiger partial charge in [0.2, 0.25) is 0 Å². The second-order valence-corrected chi connectivity index (χ2v) is 6.86. The summed E-state index contributed by atoms with van der Waals surface area (Å²) in [5.74, 6) is 0.596. The number of nitrogens with zero attached hydrogens (tertiary/aromatic N) is 1. The van der Waals surface area contributed by atoms with Gasteiger partial charge in [-0.2, -0.15) is 0 Å². The molecule has 0 radical (unpaired) electrons. The first kappa shape index (κ1) is 12.6. The minimum Gasteiger partial charge on any atom is -0.398 e. The normalized spacial score (nSPS) is 17.9. The molecule has 1 saturated carbocycles. The van der Waals surface area contributed by atoms with Crippen molar-refractivity contribution in [3.05, 3.63) is 36.0 Å². The molecule has 1 aromatic heterocycles. The molecule has 1 unspecified atom stereocenters. The van der Waals surface area contributed by atoms with Crippen molar-refractivity contribution in [2.75, 3.05) is 5.73 Å². The maximum absolute atomic E-state index is 12.4. The third-order valence-electron chi connectivity index (χ3n) is 3.86. The molecule has 1 aliphatic carbocycles. The highest BCUT2D eigenvalue weighted by atomic mass is 32.2. The number of pyridine rings is 1. The molecular formula is C15H18N2OS. The van der Waals surface area contributed by atoms with Gasteiger partial charge in [-0.15, -0.1) is 0 Å². The number of aromatic nitrogens is 1. The number of benzene rings is 1. The monoisotopic (exact) mass is 274 g/mol. The molecule has 100 valence electrons. The van der Waals surface area contributed by atoms with Gasteiger partial charge in [0.1, 0.15) is 0 Å². The average Bonchev–Trinajstić information content (AvgIpc) is 2.96. The smallest absolute Gasteiger partial charge is 0.0763 e. The van der Waals surface area contributed by atoms with Crippen LogP contribution in [0, 0.1) is 0 Å². The summed E-state index contributed by atoms with van der Waals surface area (Å²) in [7, 11) is -0.790. The SMILES string of the molecule is Nc1ccc(CS(=O)C2CCCC2)c2ncccc12. The molecule has 3 nitrogen and oxygen atoms in total. The van der Waals surface area contributed by atoms with Crippen molar-refractivity contribution in [1.82, 2.24) is 4.98 Å². The van der Waals surface area contributed by atoms with Crippen LogP contribution in [0.25, 0.3) is 10.9 Å². The first-order valence-electron chi connectivity index (χ1n) is 6.75. The van der Waals surface area contributed by atoms with Gasteiger partial charge in [-0.3, -0.25) is 9.19 Å². The largest absolute Gasteiger partial charge is 0.398 e. The maximum atomic E-state index is 12.4. The zero-order valence-electron chi connectivity index (χ0n) is 10.8. The second-order valence-electron chi connectivity index (χ2n) is 5.15. The van der Waals surface area contributed by atoms with E-state index in [0.717, 1.165) is 35.0 Å². The topological polar surface area (TPSA) is 56.0 Å². The highest BCUT2D eigenvalue weighted by Crippen LogP contribution is 2.28. The predicted octanol–water partition coefficient (Wildman–Crippen LogP) is 3.01. The Kier molecular flexibility index (Phi) is 3.51. The molecule has 1 heterocycles. The summed E-state index contributed by atoms with van der Waals surface area (Å²) >= 11 is 0. The van der Waals surface area contributed by atoms with Gasteiger partial charge >= 0.3 is 0 Å². The van der Waals surface area contributed by atoms with Crippen LogP contribution < -0.4 is 5.73 Å². The third-order valence-corrected chi connectivity index (χ3v) is 5.67. The van der Waals surface area contributed by atoms with E-state index < -0.39 is 10.8 Å². The van der Waals surface area contributed by atoms with Crippen LogP contribution in [0.2, 0.25) is 0 Å². The van der Waals surface area contributed by atoms with Crippen molar-refractivity contribution in [3.8, 4) is 0 Å².